The number of nitrogens with zero attached hydrogens (tertiary/aromatic N) is 2. The van der Waals surface area contributed by atoms with E-state index in [-0.39, 0.29) is 36.4 Å². The van der Waals surface area contributed by atoms with Crippen molar-refractivity contribution >= 4 is 27.3 Å². The molecule has 29 heavy (non-hydrogen) atoms. The summed E-state index contributed by atoms with van der Waals surface area (Å²) in [5.74, 6) is -1.47. The number of carbonyl (C=O) groups is 2. The second-order valence-electron chi connectivity index (χ2n) is 8.57. The molecule has 0 unspecified atom stereocenters. The van der Waals surface area contributed by atoms with E-state index in [0.717, 1.165) is 16.8 Å². The molecule has 2 bridgehead atoms. The van der Waals surface area contributed by atoms with E-state index >= 15 is 0 Å². The van der Waals surface area contributed by atoms with Gasteiger partial charge in [-0.25, -0.2) is 8.42 Å². The highest BCUT2D eigenvalue weighted by Gasteiger charge is 2.67. The highest BCUT2D eigenvalue weighted by molar-refractivity contribution is 7.91. The van der Waals surface area contributed by atoms with Gasteiger partial charge in [-0.2, -0.15) is 0 Å². The standard InChI is InChI=1S/C21H24N2O5S/c1-13-3-4-15(11-14(13)2)23-12-21-6-5-16(28-21)17(18(21)20(23)25)19(24)22-7-9-29(26,27)10-8-22/h3-6,11,16-18H,7-10,12H2,1-2H3/t16-,17-,18+,21-/m0/s1. The molecule has 1 aromatic carbocycles. The Labute approximate surface area is 170 Å². The molecule has 4 heterocycles. The topological polar surface area (TPSA) is 84.0 Å². The van der Waals surface area contributed by atoms with Crippen LogP contribution in [0.2, 0.25) is 0 Å². The number of aryl methyl sites for hydroxylation is 2. The molecule has 0 aliphatic carbocycles. The van der Waals surface area contributed by atoms with Gasteiger partial charge in [-0.05, 0) is 37.1 Å². The molecule has 4 aliphatic heterocycles. The van der Waals surface area contributed by atoms with E-state index in [1.54, 1.807) is 9.80 Å². The molecule has 2 amide bonds. The summed E-state index contributed by atoms with van der Waals surface area (Å²) in [5, 5.41) is 0. The monoisotopic (exact) mass is 416 g/mol. The second kappa shape index (κ2) is 6.15. The van der Waals surface area contributed by atoms with Gasteiger partial charge in [0.1, 0.15) is 5.60 Å². The predicted octanol–water partition coefficient (Wildman–Crippen LogP) is 0.847. The van der Waals surface area contributed by atoms with Crippen molar-refractivity contribution in [2.24, 2.45) is 11.8 Å². The summed E-state index contributed by atoms with van der Waals surface area (Å²) in [6, 6.07) is 5.92. The van der Waals surface area contributed by atoms with Gasteiger partial charge in [0, 0.05) is 18.8 Å². The first-order valence-corrected chi connectivity index (χ1v) is 11.8. The largest absolute Gasteiger partial charge is 0.360 e. The van der Waals surface area contributed by atoms with Crippen LogP contribution in [0.15, 0.2) is 30.4 Å². The van der Waals surface area contributed by atoms with Crippen molar-refractivity contribution in [3.63, 3.8) is 0 Å². The highest BCUT2D eigenvalue weighted by Crippen LogP contribution is 2.53. The van der Waals surface area contributed by atoms with E-state index < -0.39 is 33.4 Å². The lowest BCUT2D eigenvalue weighted by Crippen LogP contribution is -2.50. The van der Waals surface area contributed by atoms with Gasteiger partial charge in [-0.15, -0.1) is 0 Å². The van der Waals surface area contributed by atoms with Crippen LogP contribution in [0.5, 0.6) is 0 Å². The Kier molecular flexibility index (Phi) is 3.99. The number of ether oxygens (including phenoxy) is 1. The van der Waals surface area contributed by atoms with Crippen molar-refractivity contribution in [3.05, 3.63) is 41.5 Å². The maximum absolute atomic E-state index is 13.4. The van der Waals surface area contributed by atoms with Crippen molar-refractivity contribution in [1.29, 1.82) is 0 Å². The van der Waals surface area contributed by atoms with Crippen LogP contribution in [0.25, 0.3) is 0 Å². The Bertz CT molecular complexity index is 1040. The van der Waals surface area contributed by atoms with E-state index in [2.05, 4.69) is 0 Å². The van der Waals surface area contributed by atoms with Gasteiger partial charge in [0.2, 0.25) is 11.8 Å². The zero-order chi connectivity index (χ0) is 20.6. The molecule has 1 spiro atoms. The number of amides is 2. The maximum atomic E-state index is 13.4. The Hall–Kier alpha value is -2.19. The van der Waals surface area contributed by atoms with Crippen LogP contribution < -0.4 is 4.90 Å². The zero-order valence-corrected chi connectivity index (χ0v) is 17.3. The average molecular weight is 416 g/mol. The van der Waals surface area contributed by atoms with Crippen LogP contribution in [0.1, 0.15) is 11.1 Å². The number of hydrogen-bond acceptors (Lipinski definition) is 5. The molecule has 0 N–H and O–H groups in total. The molecule has 3 saturated heterocycles. The molecule has 8 heteroatoms. The van der Waals surface area contributed by atoms with Crippen molar-refractivity contribution < 1.29 is 22.7 Å². The molecule has 0 aromatic heterocycles. The predicted molar refractivity (Wildman–Crippen MR) is 107 cm³/mol. The number of fused-ring (bicyclic) bond motifs is 1. The minimum Gasteiger partial charge on any atom is -0.360 e. The highest BCUT2D eigenvalue weighted by atomic mass is 32.2. The minimum absolute atomic E-state index is 0.0225. The molecule has 154 valence electrons. The van der Waals surface area contributed by atoms with Gasteiger partial charge >= 0.3 is 0 Å². The van der Waals surface area contributed by atoms with E-state index in [4.69, 9.17) is 4.74 Å². The SMILES string of the molecule is Cc1ccc(N2C[C@]34C=C[C@H](O3)[C@H](C(=O)N3CCS(=O)(=O)CC3)[C@@H]4C2=O)cc1C. The fraction of sp³-hybridized carbons (Fsp3) is 0.524. The number of anilines is 1. The summed E-state index contributed by atoms with van der Waals surface area (Å²) < 4.78 is 29.6. The van der Waals surface area contributed by atoms with Gasteiger partial charge in [0.25, 0.3) is 0 Å². The Morgan fingerprint density at radius 1 is 1.17 bits per heavy atom. The summed E-state index contributed by atoms with van der Waals surface area (Å²) >= 11 is 0. The first kappa shape index (κ1) is 18.8. The Morgan fingerprint density at radius 3 is 2.59 bits per heavy atom. The van der Waals surface area contributed by atoms with Crippen LogP contribution in [-0.4, -0.2) is 68.0 Å². The third kappa shape index (κ3) is 2.76. The molecule has 0 radical (unpaired) electrons. The quantitative estimate of drug-likeness (QED) is 0.668. The number of hydrogen-bond donors (Lipinski definition) is 0. The lowest BCUT2D eigenvalue weighted by Gasteiger charge is -2.32. The first-order valence-electron chi connectivity index (χ1n) is 9.96. The molecule has 5 rings (SSSR count). The first-order chi connectivity index (χ1) is 13.7. The average Bonchev–Trinajstić information content (AvgIpc) is 3.32. The van der Waals surface area contributed by atoms with Gasteiger partial charge < -0.3 is 14.5 Å². The number of rotatable bonds is 2. The lowest BCUT2D eigenvalue weighted by atomic mass is 9.76. The molecule has 3 fully saturated rings. The summed E-state index contributed by atoms with van der Waals surface area (Å²) in [5.41, 5.74) is 2.30. The van der Waals surface area contributed by atoms with Gasteiger partial charge in [-0.1, -0.05) is 18.2 Å². The van der Waals surface area contributed by atoms with Crippen LogP contribution in [-0.2, 0) is 24.2 Å². The van der Waals surface area contributed by atoms with E-state index in [9.17, 15) is 18.0 Å². The Balaban J connectivity index is 1.44. The number of benzene rings is 1. The molecule has 4 atom stereocenters. The molecular formula is C21H24N2O5S. The summed E-state index contributed by atoms with van der Waals surface area (Å²) in [6.07, 6.45) is 3.40. The van der Waals surface area contributed by atoms with Gasteiger partial charge in [0.15, 0.2) is 9.84 Å². The maximum Gasteiger partial charge on any atom is 0.234 e. The van der Waals surface area contributed by atoms with E-state index in [1.807, 2.05) is 44.2 Å². The van der Waals surface area contributed by atoms with Gasteiger partial charge in [0.05, 0.1) is 36.0 Å². The molecule has 4 aliphatic rings. The molecule has 7 nitrogen and oxygen atoms in total. The third-order valence-corrected chi connectivity index (χ3v) is 8.45. The summed E-state index contributed by atoms with van der Waals surface area (Å²) in [6.45, 7) is 4.80. The molecular weight excluding hydrogens is 392 g/mol. The van der Waals surface area contributed by atoms with Crippen molar-refractivity contribution in [3.8, 4) is 0 Å². The second-order valence-corrected chi connectivity index (χ2v) is 10.9. The summed E-state index contributed by atoms with van der Waals surface area (Å²) in [7, 11) is -3.08. The normalized spacial score (nSPS) is 34.7. The number of carbonyl (C=O) groups excluding carboxylic acids is 2. The van der Waals surface area contributed by atoms with Crippen molar-refractivity contribution in [2.75, 3.05) is 36.0 Å². The van der Waals surface area contributed by atoms with Crippen LogP contribution in [0, 0.1) is 25.7 Å². The Morgan fingerprint density at radius 2 is 1.90 bits per heavy atom. The smallest absolute Gasteiger partial charge is 0.234 e. The minimum atomic E-state index is -3.08. The van der Waals surface area contributed by atoms with E-state index in [1.165, 1.54) is 0 Å². The molecule has 1 aromatic rings. The molecule has 0 saturated carbocycles. The lowest BCUT2D eigenvalue weighted by molar-refractivity contribution is -0.140. The van der Waals surface area contributed by atoms with Crippen LogP contribution in [0.3, 0.4) is 0 Å². The van der Waals surface area contributed by atoms with Crippen molar-refractivity contribution in [1.82, 2.24) is 4.90 Å². The fourth-order valence-corrected chi connectivity index (χ4v) is 6.24. The number of sulfone groups is 1. The zero-order valence-electron chi connectivity index (χ0n) is 16.5. The third-order valence-electron chi connectivity index (χ3n) is 6.84. The van der Waals surface area contributed by atoms with Gasteiger partial charge in [-0.3, -0.25) is 9.59 Å². The fourth-order valence-electron chi connectivity index (χ4n) is 5.04. The van der Waals surface area contributed by atoms with E-state index in [0.29, 0.717) is 6.54 Å². The van der Waals surface area contributed by atoms with Crippen LogP contribution >= 0.6 is 0 Å². The van der Waals surface area contributed by atoms with Crippen molar-refractivity contribution in [2.45, 2.75) is 25.6 Å². The van der Waals surface area contributed by atoms with Crippen LogP contribution in [0.4, 0.5) is 5.69 Å². The summed E-state index contributed by atoms with van der Waals surface area (Å²) in [4.78, 5) is 30.0.